The van der Waals surface area contributed by atoms with Crippen LogP contribution in [0.15, 0.2) is 50.2 Å². The third kappa shape index (κ3) is 3.87. The van der Waals surface area contributed by atoms with Gasteiger partial charge in [0.1, 0.15) is 0 Å². The van der Waals surface area contributed by atoms with E-state index < -0.39 is 18.1 Å². The molecule has 5 rings (SSSR count). The van der Waals surface area contributed by atoms with Crippen LogP contribution < -0.4 is 11.1 Å². The first-order valence-corrected chi connectivity index (χ1v) is 9.54. The van der Waals surface area contributed by atoms with E-state index in [1.807, 2.05) is 18.2 Å². The molecule has 0 spiro atoms. The Labute approximate surface area is 173 Å². The minimum Gasteiger partial charge on any atom is -0.415 e. The maximum atomic E-state index is 12.6. The van der Waals surface area contributed by atoms with Crippen molar-refractivity contribution in [3.63, 3.8) is 0 Å². The highest BCUT2D eigenvalue weighted by atomic mass is 19.3. The number of pyridine rings is 1. The highest BCUT2D eigenvalue weighted by molar-refractivity contribution is 5.56. The van der Waals surface area contributed by atoms with Gasteiger partial charge in [-0.25, -0.2) is 4.79 Å². The zero-order chi connectivity index (χ0) is 21.4. The van der Waals surface area contributed by atoms with Crippen LogP contribution in [0.2, 0.25) is 0 Å². The largest absolute Gasteiger partial charge is 0.437 e. The van der Waals surface area contributed by atoms with E-state index in [0.29, 0.717) is 11.3 Å². The summed E-state index contributed by atoms with van der Waals surface area (Å²) in [6, 6.07) is 9.10. The molecular formula is C20H16F2N6O3. The molecule has 0 unspecified atom stereocenters. The van der Waals surface area contributed by atoms with Crippen molar-refractivity contribution in [2.75, 3.05) is 6.54 Å². The molecule has 31 heavy (non-hydrogen) atoms. The standard InChI is InChI=1S/C20H16F2N6O3/c21-16(22)19-26-25-17(30-19)14-3-4-15(24-9-14)10-28-20(29)31-18(27-28)12-1-2-13-8-23-6-5-11(13)7-12/h1-4,7,9,16,23H,5-6,8,10H2. The Morgan fingerprint density at radius 3 is 2.71 bits per heavy atom. The topological polar surface area (TPSA) is 112 Å². The number of hydrogen-bond donors (Lipinski definition) is 1. The minimum absolute atomic E-state index is 0.0575. The lowest BCUT2D eigenvalue weighted by Gasteiger charge is -2.17. The maximum Gasteiger partial charge on any atom is 0.437 e. The number of rotatable bonds is 5. The van der Waals surface area contributed by atoms with Gasteiger partial charge in [-0.2, -0.15) is 13.5 Å². The lowest BCUT2D eigenvalue weighted by molar-refractivity contribution is 0.116. The summed E-state index contributed by atoms with van der Waals surface area (Å²) in [4.78, 5) is 16.5. The van der Waals surface area contributed by atoms with E-state index in [4.69, 9.17) is 8.83 Å². The first-order chi connectivity index (χ1) is 15.1. The van der Waals surface area contributed by atoms with Crippen molar-refractivity contribution in [3.8, 4) is 22.9 Å². The molecule has 0 bridgehead atoms. The highest BCUT2D eigenvalue weighted by Gasteiger charge is 2.18. The molecule has 4 heterocycles. The molecule has 3 aromatic heterocycles. The molecule has 9 nitrogen and oxygen atoms in total. The fourth-order valence-electron chi connectivity index (χ4n) is 3.37. The van der Waals surface area contributed by atoms with E-state index in [1.54, 1.807) is 12.1 Å². The number of aromatic nitrogens is 5. The van der Waals surface area contributed by atoms with Gasteiger partial charge in [0.2, 0.25) is 11.8 Å². The Morgan fingerprint density at radius 2 is 1.94 bits per heavy atom. The zero-order valence-electron chi connectivity index (χ0n) is 16.1. The minimum atomic E-state index is -2.84. The lowest BCUT2D eigenvalue weighted by Crippen LogP contribution is -2.23. The average molecular weight is 426 g/mol. The molecule has 11 heteroatoms. The lowest BCUT2D eigenvalue weighted by atomic mass is 9.98. The van der Waals surface area contributed by atoms with Crippen molar-refractivity contribution in [3.05, 3.63) is 69.8 Å². The molecule has 0 aliphatic carbocycles. The van der Waals surface area contributed by atoms with Crippen LogP contribution in [0.4, 0.5) is 8.78 Å². The quantitative estimate of drug-likeness (QED) is 0.518. The third-order valence-corrected chi connectivity index (χ3v) is 4.96. The molecule has 1 N–H and O–H groups in total. The van der Waals surface area contributed by atoms with Gasteiger partial charge in [-0.3, -0.25) is 4.98 Å². The molecule has 0 atom stereocenters. The van der Waals surface area contributed by atoms with Crippen LogP contribution >= 0.6 is 0 Å². The Hall–Kier alpha value is -3.73. The van der Waals surface area contributed by atoms with Crippen LogP contribution in [-0.2, 0) is 19.5 Å². The summed E-state index contributed by atoms with van der Waals surface area (Å²) in [6.07, 6.45) is -0.529. The first-order valence-electron chi connectivity index (χ1n) is 9.54. The second kappa shape index (κ2) is 7.84. The van der Waals surface area contributed by atoms with Crippen LogP contribution in [0, 0.1) is 0 Å². The number of fused-ring (bicyclic) bond motifs is 1. The Balaban J connectivity index is 1.35. The van der Waals surface area contributed by atoms with Crippen molar-refractivity contribution in [1.29, 1.82) is 0 Å². The maximum absolute atomic E-state index is 12.6. The van der Waals surface area contributed by atoms with Gasteiger partial charge in [0.25, 0.3) is 5.89 Å². The van der Waals surface area contributed by atoms with E-state index in [-0.39, 0.29) is 18.3 Å². The second-order valence-electron chi connectivity index (χ2n) is 7.03. The smallest absolute Gasteiger partial charge is 0.415 e. The zero-order valence-corrected chi connectivity index (χ0v) is 16.1. The molecule has 0 saturated carbocycles. The fourth-order valence-corrected chi connectivity index (χ4v) is 3.37. The van der Waals surface area contributed by atoms with Crippen molar-refractivity contribution in [2.45, 2.75) is 25.9 Å². The van der Waals surface area contributed by atoms with Gasteiger partial charge < -0.3 is 14.2 Å². The van der Waals surface area contributed by atoms with Gasteiger partial charge >= 0.3 is 12.2 Å². The molecule has 0 radical (unpaired) electrons. The third-order valence-electron chi connectivity index (χ3n) is 4.96. The SMILES string of the molecule is O=c1oc(-c2ccc3c(c2)CCNC3)nn1Cc1ccc(-c2nnc(C(F)F)o2)cn1. The van der Waals surface area contributed by atoms with Gasteiger partial charge in [0, 0.05) is 18.3 Å². The van der Waals surface area contributed by atoms with Crippen molar-refractivity contribution >= 4 is 0 Å². The number of nitrogens with one attached hydrogen (secondary N) is 1. The highest BCUT2D eigenvalue weighted by Crippen LogP contribution is 2.24. The number of nitrogens with zero attached hydrogens (tertiary/aromatic N) is 5. The first kappa shape index (κ1) is 19.2. The molecule has 4 aromatic rings. The summed E-state index contributed by atoms with van der Waals surface area (Å²) in [7, 11) is 0. The Bertz CT molecular complexity index is 1280. The predicted molar refractivity (Wildman–Crippen MR) is 103 cm³/mol. The molecule has 1 aromatic carbocycles. The molecule has 1 aliphatic heterocycles. The van der Waals surface area contributed by atoms with E-state index >= 15 is 0 Å². The van der Waals surface area contributed by atoms with Crippen LogP contribution in [-0.4, -0.2) is 31.5 Å². The van der Waals surface area contributed by atoms with Crippen molar-refractivity contribution in [2.24, 2.45) is 0 Å². The van der Waals surface area contributed by atoms with Crippen LogP contribution in [0.1, 0.15) is 29.1 Å². The van der Waals surface area contributed by atoms with E-state index in [2.05, 4.69) is 25.6 Å². The van der Waals surface area contributed by atoms with Crippen molar-refractivity contribution in [1.82, 2.24) is 30.3 Å². The van der Waals surface area contributed by atoms with Crippen LogP contribution in [0.5, 0.6) is 0 Å². The van der Waals surface area contributed by atoms with Gasteiger partial charge in [-0.15, -0.1) is 15.3 Å². The monoisotopic (exact) mass is 426 g/mol. The van der Waals surface area contributed by atoms with Gasteiger partial charge in [-0.1, -0.05) is 6.07 Å². The van der Waals surface area contributed by atoms with Gasteiger partial charge in [0.15, 0.2) is 0 Å². The summed E-state index contributed by atoms with van der Waals surface area (Å²) in [6.45, 7) is 1.82. The number of alkyl halides is 2. The summed E-state index contributed by atoms with van der Waals surface area (Å²) < 4.78 is 36.6. The summed E-state index contributed by atoms with van der Waals surface area (Å²) >= 11 is 0. The van der Waals surface area contributed by atoms with Gasteiger partial charge in [-0.05, 0) is 48.4 Å². The molecule has 0 amide bonds. The fraction of sp³-hybridized carbons (Fsp3) is 0.250. The summed E-state index contributed by atoms with van der Waals surface area (Å²) in [5, 5.41) is 14.5. The molecule has 0 saturated heterocycles. The normalized spacial score (nSPS) is 13.5. The molecule has 158 valence electrons. The van der Waals surface area contributed by atoms with Crippen LogP contribution in [0.3, 0.4) is 0 Å². The van der Waals surface area contributed by atoms with Gasteiger partial charge in [0.05, 0.1) is 17.8 Å². The second-order valence-corrected chi connectivity index (χ2v) is 7.03. The van der Waals surface area contributed by atoms with Crippen molar-refractivity contribution < 1.29 is 17.6 Å². The van der Waals surface area contributed by atoms with E-state index in [0.717, 1.165) is 25.1 Å². The summed E-state index contributed by atoms with van der Waals surface area (Å²) in [5.74, 6) is -1.16. The average Bonchev–Trinajstić information content (AvgIpc) is 3.42. The van der Waals surface area contributed by atoms with E-state index in [1.165, 1.54) is 22.0 Å². The van der Waals surface area contributed by atoms with Crippen LogP contribution in [0.25, 0.3) is 22.9 Å². The number of halogens is 2. The number of benzene rings is 1. The summed E-state index contributed by atoms with van der Waals surface area (Å²) in [5.41, 5.74) is 4.09. The molecule has 1 aliphatic rings. The Kier molecular flexibility index (Phi) is 4.86. The molecular weight excluding hydrogens is 410 g/mol. The number of hydrogen-bond acceptors (Lipinski definition) is 8. The molecule has 0 fully saturated rings. The Morgan fingerprint density at radius 1 is 1.06 bits per heavy atom. The van der Waals surface area contributed by atoms with E-state index in [9.17, 15) is 13.6 Å². The predicted octanol–water partition coefficient (Wildman–Crippen LogP) is 2.58.